The van der Waals surface area contributed by atoms with Gasteiger partial charge in [0.2, 0.25) is 0 Å². The highest BCUT2D eigenvalue weighted by Crippen LogP contribution is 2.29. The van der Waals surface area contributed by atoms with Gasteiger partial charge in [0, 0.05) is 18.1 Å². The Morgan fingerprint density at radius 3 is 2.12 bits per heavy atom. The number of methoxy groups -OCH3 is 1. The van der Waals surface area contributed by atoms with E-state index in [0.29, 0.717) is 24.2 Å². The number of ether oxygens (including phenoxy) is 1. The average Bonchev–Trinajstić information content (AvgIpc) is 2.80. The molecule has 0 fully saturated rings. The van der Waals surface area contributed by atoms with Crippen molar-refractivity contribution in [3.63, 3.8) is 0 Å². The molecule has 0 aromatic heterocycles. The molecule has 0 saturated carbocycles. The van der Waals surface area contributed by atoms with E-state index < -0.39 is 34.9 Å². The first-order valence-electron chi connectivity index (χ1n) is 10.1. The van der Waals surface area contributed by atoms with Gasteiger partial charge in [-0.2, -0.15) is 0 Å². The second-order valence-electron chi connectivity index (χ2n) is 7.54. The van der Waals surface area contributed by atoms with Crippen LogP contribution in [0, 0.1) is 46.7 Å². The lowest BCUT2D eigenvalue weighted by molar-refractivity contribution is 0.202. The molecule has 4 rings (SSSR count). The summed E-state index contributed by atoms with van der Waals surface area (Å²) in [5.74, 6) is -1.39. The largest absolute Gasteiger partial charge is 0.384 e. The van der Waals surface area contributed by atoms with Gasteiger partial charge in [-0.25, -0.2) is 26.3 Å². The summed E-state index contributed by atoms with van der Waals surface area (Å²) < 4.78 is 89.3. The molecule has 0 aliphatic carbocycles. The number of benzene rings is 4. The smallest absolute Gasteiger partial charge is 0.195 e. The topological polar surface area (TPSA) is 9.23 Å². The minimum Gasteiger partial charge on any atom is -0.384 e. The minimum atomic E-state index is -1.56. The van der Waals surface area contributed by atoms with E-state index in [1.54, 1.807) is 0 Å². The van der Waals surface area contributed by atoms with Crippen molar-refractivity contribution in [2.75, 3.05) is 13.7 Å². The van der Waals surface area contributed by atoms with Crippen molar-refractivity contribution in [1.29, 1.82) is 0 Å². The first-order valence-corrected chi connectivity index (χ1v) is 10.1. The number of fused-ring (bicyclic) bond motifs is 1. The molecule has 0 bridgehead atoms. The van der Waals surface area contributed by atoms with Gasteiger partial charge in [-0.15, -0.1) is 0 Å². The summed E-state index contributed by atoms with van der Waals surface area (Å²) in [7, 11) is 1.48. The molecular weight excluding hydrogens is 454 g/mol. The Balaban J connectivity index is 1.64. The van der Waals surface area contributed by atoms with E-state index in [0.717, 1.165) is 12.1 Å². The third kappa shape index (κ3) is 4.63. The SMILES string of the molecule is COCCc1cc(F)c(-c2ccc(C#Cc3ccc4c(F)c(F)c(F)cc4c3)c(F)c2)c(F)c1. The fourth-order valence-corrected chi connectivity index (χ4v) is 3.56. The fourth-order valence-electron chi connectivity index (χ4n) is 3.56. The van der Waals surface area contributed by atoms with Crippen molar-refractivity contribution < 1.29 is 31.1 Å². The molecule has 0 spiro atoms. The Hall–Kier alpha value is -3.76. The third-order valence-corrected chi connectivity index (χ3v) is 5.27. The van der Waals surface area contributed by atoms with Gasteiger partial charge in [0.15, 0.2) is 17.5 Å². The summed E-state index contributed by atoms with van der Waals surface area (Å²) in [5.41, 5.74) is 0.338. The maximum atomic E-state index is 14.6. The van der Waals surface area contributed by atoms with E-state index >= 15 is 0 Å². The Bertz CT molecular complexity index is 1440. The van der Waals surface area contributed by atoms with Crippen molar-refractivity contribution in [2.24, 2.45) is 0 Å². The van der Waals surface area contributed by atoms with Gasteiger partial charge in [-0.3, -0.25) is 0 Å². The van der Waals surface area contributed by atoms with Gasteiger partial charge in [-0.1, -0.05) is 24.0 Å². The molecule has 4 aromatic carbocycles. The van der Waals surface area contributed by atoms with Gasteiger partial charge >= 0.3 is 0 Å². The molecule has 172 valence electrons. The molecule has 0 unspecified atom stereocenters. The van der Waals surface area contributed by atoms with Crippen molar-refractivity contribution in [2.45, 2.75) is 6.42 Å². The summed E-state index contributed by atoms with van der Waals surface area (Å²) in [6, 6.07) is 10.8. The van der Waals surface area contributed by atoms with Crippen LogP contribution in [0.15, 0.2) is 54.6 Å². The number of halogens is 6. The Kier molecular flexibility index (Phi) is 6.62. The highest BCUT2D eigenvalue weighted by atomic mass is 19.2. The molecule has 0 N–H and O–H groups in total. The molecule has 0 heterocycles. The van der Waals surface area contributed by atoms with Crippen LogP contribution in [-0.2, 0) is 11.2 Å². The standard InChI is InChI=1S/C27H16F6O/c1-34-9-8-16-11-22(29)25(23(30)12-16)18-6-5-17(21(28)13-18)4-2-15-3-7-20-19(10-15)14-24(31)27(33)26(20)32/h3,5-7,10-14H,8-9H2,1H3. The van der Waals surface area contributed by atoms with Gasteiger partial charge in [-0.05, 0) is 65.4 Å². The van der Waals surface area contributed by atoms with Crippen molar-refractivity contribution in [3.8, 4) is 23.0 Å². The maximum Gasteiger partial charge on any atom is 0.195 e. The van der Waals surface area contributed by atoms with Crippen molar-refractivity contribution in [1.82, 2.24) is 0 Å². The number of hydrogen-bond acceptors (Lipinski definition) is 1. The van der Waals surface area contributed by atoms with Crippen LogP contribution in [0.5, 0.6) is 0 Å². The first-order chi connectivity index (χ1) is 16.3. The summed E-state index contributed by atoms with van der Waals surface area (Å²) in [5, 5.41) is -0.0174. The van der Waals surface area contributed by atoms with Crippen LogP contribution in [0.25, 0.3) is 21.9 Å². The number of rotatable bonds is 4. The third-order valence-electron chi connectivity index (χ3n) is 5.27. The normalized spacial score (nSPS) is 10.9. The van der Waals surface area contributed by atoms with Crippen LogP contribution in [0.1, 0.15) is 16.7 Å². The van der Waals surface area contributed by atoms with E-state index in [4.69, 9.17) is 4.74 Å². The van der Waals surface area contributed by atoms with E-state index in [1.807, 2.05) is 0 Å². The second-order valence-corrected chi connectivity index (χ2v) is 7.54. The zero-order chi connectivity index (χ0) is 24.4. The highest BCUT2D eigenvalue weighted by molar-refractivity contribution is 5.84. The molecule has 0 saturated heterocycles. The molecule has 0 aliphatic rings. The molecular formula is C27H16F6O. The monoisotopic (exact) mass is 470 g/mol. The minimum absolute atomic E-state index is 0.00928. The van der Waals surface area contributed by atoms with Crippen molar-refractivity contribution in [3.05, 3.63) is 106 Å². The van der Waals surface area contributed by atoms with E-state index in [1.165, 1.54) is 49.6 Å². The molecule has 1 nitrogen and oxygen atoms in total. The van der Waals surface area contributed by atoms with E-state index in [-0.39, 0.29) is 27.5 Å². The van der Waals surface area contributed by atoms with Crippen LogP contribution in [0.3, 0.4) is 0 Å². The van der Waals surface area contributed by atoms with Crippen LogP contribution in [-0.4, -0.2) is 13.7 Å². The van der Waals surface area contributed by atoms with E-state index in [9.17, 15) is 26.3 Å². The summed E-state index contributed by atoms with van der Waals surface area (Å²) >= 11 is 0. The molecule has 0 aliphatic heterocycles. The lowest BCUT2D eigenvalue weighted by Gasteiger charge is -2.09. The van der Waals surface area contributed by atoms with E-state index in [2.05, 4.69) is 11.8 Å². The van der Waals surface area contributed by atoms with Gasteiger partial charge in [0.25, 0.3) is 0 Å². The lowest BCUT2D eigenvalue weighted by Crippen LogP contribution is -1.99. The van der Waals surface area contributed by atoms with Gasteiger partial charge in [0.05, 0.1) is 17.7 Å². The molecule has 0 atom stereocenters. The fraction of sp³-hybridized carbons (Fsp3) is 0.111. The molecule has 0 amide bonds. The second kappa shape index (κ2) is 9.62. The predicted octanol–water partition coefficient (Wildman–Crippen LogP) is 6.93. The zero-order valence-corrected chi connectivity index (χ0v) is 17.8. The summed E-state index contributed by atoms with van der Waals surface area (Å²) in [6.07, 6.45) is 0.330. The zero-order valence-electron chi connectivity index (χ0n) is 17.8. The van der Waals surface area contributed by atoms with Crippen molar-refractivity contribution >= 4 is 10.8 Å². The molecule has 34 heavy (non-hydrogen) atoms. The van der Waals surface area contributed by atoms with Gasteiger partial charge in [0.1, 0.15) is 17.5 Å². The summed E-state index contributed by atoms with van der Waals surface area (Å²) in [4.78, 5) is 0. The molecule has 7 heteroatoms. The first kappa shape index (κ1) is 23.4. The Morgan fingerprint density at radius 1 is 0.706 bits per heavy atom. The summed E-state index contributed by atoms with van der Waals surface area (Å²) in [6.45, 7) is 0.304. The van der Waals surface area contributed by atoms with Crippen LogP contribution in [0.4, 0.5) is 26.3 Å². The maximum absolute atomic E-state index is 14.6. The highest BCUT2D eigenvalue weighted by Gasteiger charge is 2.16. The number of hydrogen-bond donors (Lipinski definition) is 0. The predicted molar refractivity (Wildman–Crippen MR) is 117 cm³/mol. The molecule has 0 radical (unpaired) electrons. The van der Waals surface area contributed by atoms with Gasteiger partial charge < -0.3 is 4.74 Å². The van der Waals surface area contributed by atoms with Crippen LogP contribution < -0.4 is 0 Å². The average molecular weight is 470 g/mol. The lowest BCUT2D eigenvalue weighted by atomic mass is 9.99. The quantitative estimate of drug-likeness (QED) is 0.179. The molecule has 4 aromatic rings. The van der Waals surface area contributed by atoms with Crippen LogP contribution >= 0.6 is 0 Å². The Labute approximate surface area is 191 Å². The Morgan fingerprint density at radius 2 is 1.44 bits per heavy atom. The van der Waals surface area contributed by atoms with Crippen LogP contribution in [0.2, 0.25) is 0 Å².